The molecule has 16 heavy (non-hydrogen) atoms. The predicted molar refractivity (Wildman–Crippen MR) is 49.2 cm³/mol. The van der Waals surface area contributed by atoms with Gasteiger partial charge in [-0.25, -0.2) is 13.6 Å². The molecule has 1 aromatic rings. The molecule has 0 saturated carbocycles. The number of hydrogen-bond donors (Lipinski definition) is 2. The third-order valence-electron chi connectivity index (χ3n) is 2.40. The number of aromatic hydroxyl groups is 1. The van der Waals surface area contributed by atoms with Crippen molar-refractivity contribution >= 4 is 5.97 Å². The minimum Gasteiger partial charge on any atom is -0.508 e. The van der Waals surface area contributed by atoms with Crippen molar-refractivity contribution in [2.75, 3.05) is 0 Å². The van der Waals surface area contributed by atoms with Gasteiger partial charge in [-0.05, 0) is 12.1 Å². The molecule has 1 aliphatic rings. The van der Waals surface area contributed by atoms with Crippen molar-refractivity contribution in [3.05, 3.63) is 23.3 Å². The molecule has 1 aromatic carbocycles. The molecule has 0 bridgehead atoms. The fourth-order valence-electron chi connectivity index (χ4n) is 1.61. The number of carboxylic acid groups (broad SMARTS) is 1. The second kappa shape index (κ2) is 3.62. The van der Waals surface area contributed by atoms with E-state index < -0.39 is 18.5 Å². The number of phenols is 1. The van der Waals surface area contributed by atoms with Crippen molar-refractivity contribution < 1.29 is 28.5 Å². The number of halogens is 2. The lowest BCUT2D eigenvalue weighted by atomic mass is 10.1. The number of aromatic carboxylic acids is 1. The van der Waals surface area contributed by atoms with Crippen LogP contribution in [0.3, 0.4) is 0 Å². The molecule has 4 nitrogen and oxygen atoms in total. The van der Waals surface area contributed by atoms with Crippen LogP contribution in [0.1, 0.15) is 15.9 Å². The Hall–Kier alpha value is -1.85. The van der Waals surface area contributed by atoms with Crippen LogP contribution in [0.25, 0.3) is 0 Å². The Morgan fingerprint density at radius 3 is 2.75 bits per heavy atom. The summed E-state index contributed by atoms with van der Waals surface area (Å²) in [4.78, 5) is 10.7. The van der Waals surface area contributed by atoms with Crippen LogP contribution in [0.5, 0.6) is 11.5 Å². The number of carbonyl (C=O) groups is 1. The van der Waals surface area contributed by atoms with Crippen LogP contribution in [-0.2, 0) is 6.42 Å². The molecule has 0 radical (unpaired) electrons. The summed E-state index contributed by atoms with van der Waals surface area (Å²) in [5.74, 6) is -1.55. The van der Waals surface area contributed by atoms with Crippen LogP contribution in [0, 0.1) is 0 Å². The third-order valence-corrected chi connectivity index (χ3v) is 2.40. The lowest BCUT2D eigenvalue weighted by molar-refractivity contribution is 0.0245. The molecule has 86 valence electrons. The number of ether oxygens (including phenoxy) is 1. The highest BCUT2D eigenvalue weighted by molar-refractivity contribution is 5.89. The Balaban J connectivity index is 2.38. The van der Waals surface area contributed by atoms with Gasteiger partial charge in [0.15, 0.2) is 6.10 Å². The topological polar surface area (TPSA) is 66.8 Å². The fraction of sp³-hybridized carbons (Fsp3) is 0.300. The monoisotopic (exact) mass is 230 g/mol. The average Bonchev–Trinajstić information content (AvgIpc) is 2.61. The maximum atomic E-state index is 12.4. The van der Waals surface area contributed by atoms with Crippen LogP contribution >= 0.6 is 0 Å². The number of alkyl halides is 2. The van der Waals surface area contributed by atoms with Gasteiger partial charge in [-0.1, -0.05) is 0 Å². The zero-order valence-corrected chi connectivity index (χ0v) is 7.98. The van der Waals surface area contributed by atoms with E-state index in [0.717, 1.165) is 12.1 Å². The first kappa shape index (κ1) is 10.7. The summed E-state index contributed by atoms with van der Waals surface area (Å²) in [7, 11) is 0. The smallest absolute Gasteiger partial charge is 0.335 e. The number of fused-ring (bicyclic) bond motifs is 1. The van der Waals surface area contributed by atoms with E-state index in [0.29, 0.717) is 0 Å². The van der Waals surface area contributed by atoms with E-state index in [2.05, 4.69) is 0 Å². The highest BCUT2D eigenvalue weighted by Crippen LogP contribution is 2.38. The van der Waals surface area contributed by atoms with Crippen molar-refractivity contribution in [1.29, 1.82) is 0 Å². The van der Waals surface area contributed by atoms with Crippen molar-refractivity contribution in [3.8, 4) is 11.5 Å². The zero-order chi connectivity index (χ0) is 11.9. The number of benzene rings is 1. The number of carboxylic acids is 1. The van der Waals surface area contributed by atoms with Crippen LogP contribution in [0.15, 0.2) is 12.1 Å². The lowest BCUT2D eigenvalue weighted by Gasteiger charge is -2.08. The summed E-state index contributed by atoms with van der Waals surface area (Å²) < 4.78 is 29.6. The molecular weight excluding hydrogens is 222 g/mol. The molecule has 0 amide bonds. The molecule has 0 aliphatic carbocycles. The quantitative estimate of drug-likeness (QED) is 0.810. The Labute approximate surface area is 89.1 Å². The molecular formula is C10H8F2O4. The maximum absolute atomic E-state index is 12.4. The van der Waals surface area contributed by atoms with Gasteiger partial charge in [0.25, 0.3) is 6.43 Å². The SMILES string of the molecule is O=C(O)c1cc(O)c2c(c1)OC(C(F)F)C2. The predicted octanol–water partition coefficient (Wildman–Crippen LogP) is 1.66. The second-order valence-corrected chi connectivity index (χ2v) is 3.47. The summed E-state index contributed by atoms with van der Waals surface area (Å²) in [5, 5.41) is 18.2. The fourth-order valence-corrected chi connectivity index (χ4v) is 1.61. The second-order valence-electron chi connectivity index (χ2n) is 3.47. The van der Waals surface area contributed by atoms with Crippen LogP contribution in [0.2, 0.25) is 0 Å². The normalized spacial score (nSPS) is 18.3. The number of hydrogen-bond acceptors (Lipinski definition) is 3. The molecule has 1 atom stereocenters. The van der Waals surface area contributed by atoms with Crippen molar-refractivity contribution in [1.82, 2.24) is 0 Å². The summed E-state index contributed by atoms with van der Waals surface area (Å²) in [6.45, 7) is 0. The van der Waals surface area contributed by atoms with Crippen LogP contribution < -0.4 is 4.74 Å². The van der Waals surface area contributed by atoms with E-state index in [-0.39, 0.29) is 29.0 Å². The minimum absolute atomic E-state index is 0.0164. The van der Waals surface area contributed by atoms with E-state index in [1.165, 1.54) is 0 Å². The average molecular weight is 230 g/mol. The molecule has 2 N–H and O–H groups in total. The Kier molecular flexibility index (Phi) is 2.41. The Morgan fingerprint density at radius 1 is 1.50 bits per heavy atom. The molecule has 0 aromatic heterocycles. The number of rotatable bonds is 2. The molecule has 1 heterocycles. The Morgan fingerprint density at radius 2 is 2.19 bits per heavy atom. The van der Waals surface area contributed by atoms with Crippen LogP contribution in [-0.4, -0.2) is 28.7 Å². The van der Waals surface area contributed by atoms with E-state index in [4.69, 9.17) is 9.84 Å². The van der Waals surface area contributed by atoms with Gasteiger partial charge in [0.05, 0.1) is 5.56 Å². The highest BCUT2D eigenvalue weighted by Gasteiger charge is 2.33. The van der Waals surface area contributed by atoms with Crippen molar-refractivity contribution in [2.24, 2.45) is 0 Å². The zero-order valence-electron chi connectivity index (χ0n) is 7.98. The van der Waals surface area contributed by atoms with E-state index in [1.54, 1.807) is 0 Å². The van der Waals surface area contributed by atoms with Gasteiger partial charge < -0.3 is 14.9 Å². The first-order valence-electron chi connectivity index (χ1n) is 4.53. The summed E-state index contributed by atoms with van der Waals surface area (Å²) in [6, 6.07) is 2.16. The van der Waals surface area contributed by atoms with Gasteiger partial charge in [-0.15, -0.1) is 0 Å². The van der Waals surface area contributed by atoms with Gasteiger partial charge in [0.1, 0.15) is 11.5 Å². The molecule has 6 heteroatoms. The lowest BCUT2D eigenvalue weighted by Crippen LogP contribution is -2.22. The minimum atomic E-state index is -2.67. The molecule has 0 fully saturated rings. The first-order chi connectivity index (χ1) is 7.49. The van der Waals surface area contributed by atoms with Crippen molar-refractivity contribution in [2.45, 2.75) is 19.0 Å². The molecule has 1 aliphatic heterocycles. The van der Waals surface area contributed by atoms with Gasteiger partial charge in [-0.2, -0.15) is 0 Å². The van der Waals surface area contributed by atoms with E-state index in [9.17, 15) is 18.7 Å². The summed E-state index contributed by atoms with van der Waals surface area (Å²) in [5.41, 5.74) is 0.0430. The summed E-state index contributed by atoms with van der Waals surface area (Å²) >= 11 is 0. The first-order valence-corrected chi connectivity index (χ1v) is 4.53. The van der Waals surface area contributed by atoms with Gasteiger partial charge >= 0.3 is 5.97 Å². The summed E-state index contributed by atoms with van der Waals surface area (Å²) in [6.07, 6.45) is -4.09. The van der Waals surface area contributed by atoms with E-state index >= 15 is 0 Å². The number of phenolic OH excluding ortho intramolecular Hbond substituents is 1. The maximum Gasteiger partial charge on any atom is 0.335 e. The largest absolute Gasteiger partial charge is 0.508 e. The molecule has 1 unspecified atom stereocenters. The standard InChI is InChI=1S/C10H8F2O4/c11-9(12)8-3-5-6(13)1-4(10(14)15)2-7(5)16-8/h1-2,8-9,13H,3H2,(H,14,15). The Bertz CT molecular complexity index is 445. The van der Waals surface area contributed by atoms with E-state index in [1.807, 2.05) is 0 Å². The molecule has 0 saturated heterocycles. The highest BCUT2D eigenvalue weighted by atomic mass is 19.3. The van der Waals surface area contributed by atoms with Gasteiger partial charge in [-0.3, -0.25) is 0 Å². The molecule has 2 rings (SSSR count). The third kappa shape index (κ3) is 1.66. The van der Waals surface area contributed by atoms with Crippen LogP contribution in [0.4, 0.5) is 8.78 Å². The molecule has 0 spiro atoms. The van der Waals surface area contributed by atoms with Crippen molar-refractivity contribution in [3.63, 3.8) is 0 Å². The van der Waals surface area contributed by atoms with Gasteiger partial charge in [0.2, 0.25) is 0 Å². The van der Waals surface area contributed by atoms with Gasteiger partial charge in [0, 0.05) is 12.0 Å².